The first kappa shape index (κ1) is 22.9. The van der Waals surface area contributed by atoms with Crippen LogP contribution in [0.25, 0.3) is 0 Å². The molecule has 0 bridgehead atoms. The lowest BCUT2D eigenvalue weighted by molar-refractivity contribution is 0.402. The van der Waals surface area contributed by atoms with Crippen molar-refractivity contribution in [1.82, 2.24) is 4.98 Å². The standard InChI is InChI=1S/C23H25ClN2O4S2/c1-29-19-6-3-16(4-7-19)13-18-15-31-23(25-18)26-11-9-20(10-12-26)32(27,28)22-14-17(24)5-8-21(22)30-2/h3-8,14-15,20H,9-13H2,1-2H3. The fraction of sp³-hybridized carbons (Fsp3) is 0.348. The second-order valence-corrected chi connectivity index (χ2v) is 11.1. The lowest BCUT2D eigenvalue weighted by atomic mass is 10.1. The highest BCUT2D eigenvalue weighted by Gasteiger charge is 2.34. The van der Waals surface area contributed by atoms with Gasteiger partial charge in [-0.2, -0.15) is 0 Å². The first-order valence-corrected chi connectivity index (χ1v) is 13.1. The van der Waals surface area contributed by atoms with Crippen LogP contribution in [-0.4, -0.2) is 46.0 Å². The molecular weight excluding hydrogens is 468 g/mol. The molecule has 0 atom stereocenters. The minimum atomic E-state index is -3.54. The van der Waals surface area contributed by atoms with E-state index in [1.54, 1.807) is 30.6 Å². The number of halogens is 1. The third-order valence-electron chi connectivity index (χ3n) is 5.67. The Labute approximate surface area is 197 Å². The molecule has 0 unspecified atom stereocenters. The number of piperidine rings is 1. The molecule has 1 aliphatic rings. The topological polar surface area (TPSA) is 68.7 Å². The minimum absolute atomic E-state index is 0.168. The number of anilines is 1. The lowest BCUT2D eigenvalue weighted by Gasteiger charge is -2.31. The van der Waals surface area contributed by atoms with Crippen molar-refractivity contribution < 1.29 is 17.9 Å². The zero-order chi connectivity index (χ0) is 22.7. The van der Waals surface area contributed by atoms with Crippen LogP contribution in [0, 0.1) is 0 Å². The average Bonchev–Trinajstić information content (AvgIpc) is 3.28. The van der Waals surface area contributed by atoms with Gasteiger partial charge in [0, 0.05) is 29.9 Å². The minimum Gasteiger partial charge on any atom is -0.497 e. The van der Waals surface area contributed by atoms with Crippen LogP contribution in [0.15, 0.2) is 52.7 Å². The molecule has 0 spiro atoms. The Hall–Kier alpha value is -2.29. The van der Waals surface area contributed by atoms with Gasteiger partial charge in [0.1, 0.15) is 16.4 Å². The number of nitrogens with zero attached hydrogens (tertiary/aromatic N) is 2. The Morgan fingerprint density at radius 2 is 1.81 bits per heavy atom. The smallest absolute Gasteiger partial charge is 0.185 e. The van der Waals surface area contributed by atoms with E-state index in [4.69, 9.17) is 26.1 Å². The quantitative estimate of drug-likeness (QED) is 0.469. The number of thiazole rings is 1. The Morgan fingerprint density at radius 1 is 1.09 bits per heavy atom. The van der Waals surface area contributed by atoms with Gasteiger partial charge in [0.05, 0.1) is 25.2 Å². The number of sulfone groups is 1. The highest BCUT2D eigenvalue weighted by molar-refractivity contribution is 7.92. The summed E-state index contributed by atoms with van der Waals surface area (Å²) in [5.74, 6) is 1.17. The summed E-state index contributed by atoms with van der Waals surface area (Å²) in [6.07, 6.45) is 1.82. The molecule has 1 saturated heterocycles. The molecular formula is C23H25ClN2O4S2. The van der Waals surface area contributed by atoms with Gasteiger partial charge in [-0.15, -0.1) is 11.3 Å². The van der Waals surface area contributed by atoms with Crippen molar-refractivity contribution in [3.8, 4) is 11.5 Å². The van der Waals surface area contributed by atoms with Crippen LogP contribution in [0.1, 0.15) is 24.1 Å². The van der Waals surface area contributed by atoms with E-state index < -0.39 is 15.1 Å². The van der Waals surface area contributed by atoms with Crippen molar-refractivity contribution >= 4 is 37.9 Å². The summed E-state index contributed by atoms with van der Waals surface area (Å²) in [6.45, 7) is 1.28. The van der Waals surface area contributed by atoms with Crippen LogP contribution in [-0.2, 0) is 16.3 Å². The summed E-state index contributed by atoms with van der Waals surface area (Å²) in [5, 5.41) is 2.92. The first-order valence-electron chi connectivity index (χ1n) is 10.3. The second-order valence-electron chi connectivity index (χ2n) is 7.67. The monoisotopic (exact) mass is 492 g/mol. The third kappa shape index (κ3) is 4.87. The molecule has 1 aromatic heterocycles. The number of aromatic nitrogens is 1. The van der Waals surface area contributed by atoms with Gasteiger partial charge in [0.25, 0.3) is 0 Å². The molecule has 2 heterocycles. The van der Waals surface area contributed by atoms with Gasteiger partial charge in [-0.25, -0.2) is 13.4 Å². The van der Waals surface area contributed by atoms with Crippen molar-refractivity contribution in [2.75, 3.05) is 32.2 Å². The number of hydrogen-bond donors (Lipinski definition) is 0. The fourth-order valence-corrected chi connectivity index (χ4v) is 6.91. The molecule has 170 valence electrons. The van der Waals surface area contributed by atoms with Gasteiger partial charge in [0.2, 0.25) is 0 Å². The largest absolute Gasteiger partial charge is 0.497 e. The van der Waals surface area contributed by atoms with Crippen molar-refractivity contribution in [2.24, 2.45) is 0 Å². The van der Waals surface area contributed by atoms with E-state index in [2.05, 4.69) is 10.3 Å². The van der Waals surface area contributed by atoms with Gasteiger partial charge < -0.3 is 14.4 Å². The van der Waals surface area contributed by atoms with Crippen LogP contribution in [0.3, 0.4) is 0 Å². The molecule has 1 fully saturated rings. The van der Waals surface area contributed by atoms with E-state index in [9.17, 15) is 8.42 Å². The summed E-state index contributed by atoms with van der Waals surface area (Å²) in [7, 11) is -0.414. The van der Waals surface area contributed by atoms with E-state index in [0.717, 1.165) is 23.0 Å². The molecule has 1 aliphatic heterocycles. The van der Waals surface area contributed by atoms with Gasteiger partial charge >= 0.3 is 0 Å². The third-order valence-corrected chi connectivity index (χ3v) is 9.13. The Balaban J connectivity index is 1.41. The van der Waals surface area contributed by atoms with E-state index in [1.165, 1.54) is 18.7 Å². The summed E-state index contributed by atoms with van der Waals surface area (Å²) < 4.78 is 36.9. The van der Waals surface area contributed by atoms with E-state index in [0.29, 0.717) is 36.7 Å². The van der Waals surface area contributed by atoms with Gasteiger partial charge in [0.15, 0.2) is 15.0 Å². The number of benzene rings is 2. The highest BCUT2D eigenvalue weighted by Crippen LogP contribution is 2.34. The first-order chi connectivity index (χ1) is 15.4. The van der Waals surface area contributed by atoms with E-state index >= 15 is 0 Å². The van der Waals surface area contributed by atoms with Gasteiger partial charge in [-0.05, 0) is 48.7 Å². The lowest BCUT2D eigenvalue weighted by Crippen LogP contribution is -2.39. The van der Waals surface area contributed by atoms with Crippen LogP contribution in [0.4, 0.5) is 5.13 Å². The maximum atomic E-state index is 13.2. The van der Waals surface area contributed by atoms with Crippen LogP contribution < -0.4 is 14.4 Å². The maximum absolute atomic E-state index is 13.2. The van der Waals surface area contributed by atoms with Crippen molar-refractivity contribution in [3.05, 3.63) is 64.1 Å². The zero-order valence-electron chi connectivity index (χ0n) is 18.0. The van der Waals surface area contributed by atoms with Crippen LogP contribution >= 0.6 is 22.9 Å². The van der Waals surface area contributed by atoms with Gasteiger partial charge in [-0.1, -0.05) is 23.7 Å². The molecule has 0 radical (unpaired) electrons. The summed E-state index contributed by atoms with van der Waals surface area (Å²) in [5.41, 5.74) is 2.18. The fourth-order valence-electron chi connectivity index (χ4n) is 3.89. The molecule has 9 heteroatoms. The van der Waals surface area contributed by atoms with E-state index in [1.807, 2.05) is 24.3 Å². The van der Waals surface area contributed by atoms with Crippen molar-refractivity contribution in [3.63, 3.8) is 0 Å². The predicted octanol–water partition coefficient (Wildman–Crippen LogP) is 4.85. The predicted molar refractivity (Wildman–Crippen MR) is 128 cm³/mol. The van der Waals surface area contributed by atoms with Crippen molar-refractivity contribution in [2.45, 2.75) is 29.4 Å². The summed E-state index contributed by atoms with van der Waals surface area (Å²) in [4.78, 5) is 7.12. The number of hydrogen-bond acceptors (Lipinski definition) is 7. The zero-order valence-corrected chi connectivity index (χ0v) is 20.3. The van der Waals surface area contributed by atoms with Crippen molar-refractivity contribution in [1.29, 1.82) is 0 Å². The molecule has 0 N–H and O–H groups in total. The second kappa shape index (κ2) is 9.68. The highest BCUT2D eigenvalue weighted by atomic mass is 35.5. The number of rotatable bonds is 7. The van der Waals surface area contributed by atoms with Crippen LogP contribution in [0.5, 0.6) is 11.5 Å². The molecule has 4 rings (SSSR count). The molecule has 0 saturated carbocycles. The molecule has 0 aliphatic carbocycles. The van der Waals surface area contributed by atoms with E-state index in [-0.39, 0.29) is 4.90 Å². The number of ether oxygens (including phenoxy) is 2. The maximum Gasteiger partial charge on any atom is 0.185 e. The molecule has 0 amide bonds. The summed E-state index contributed by atoms with van der Waals surface area (Å²) >= 11 is 7.66. The summed E-state index contributed by atoms with van der Waals surface area (Å²) in [6, 6.07) is 12.7. The molecule has 2 aromatic carbocycles. The Bertz CT molecular complexity index is 1170. The molecule has 3 aromatic rings. The Morgan fingerprint density at radius 3 is 2.47 bits per heavy atom. The molecule has 32 heavy (non-hydrogen) atoms. The SMILES string of the molecule is COc1ccc(Cc2csc(N3CCC(S(=O)(=O)c4cc(Cl)ccc4OC)CC3)n2)cc1. The normalized spacial score (nSPS) is 15.0. The average molecular weight is 493 g/mol. The number of methoxy groups -OCH3 is 2. The molecule has 6 nitrogen and oxygen atoms in total. The van der Waals surface area contributed by atoms with Crippen LogP contribution in [0.2, 0.25) is 5.02 Å². The Kier molecular flexibility index (Phi) is 6.93. The van der Waals surface area contributed by atoms with Gasteiger partial charge in [-0.3, -0.25) is 0 Å².